The SMILES string of the molecule is CNNC(=O)CCCCc1ccc2nc(C)[nH]c2c1. The van der Waals surface area contributed by atoms with E-state index in [0.717, 1.165) is 36.1 Å². The zero-order valence-corrected chi connectivity index (χ0v) is 11.4. The number of carbonyl (C=O) groups excluding carboxylic acids is 1. The molecule has 0 aliphatic carbocycles. The zero-order chi connectivity index (χ0) is 13.7. The quantitative estimate of drug-likeness (QED) is 0.548. The summed E-state index contributed by atoms with van der Waals surface area (Å²) in [6.45, 7) is 1.96. The number of hydrogen-bond donors (Lipinski definition) is 3. The summed E-state index contributed by atoms with van der Waals surface area (Å²) >= 11 is 0. The highest BCUT2D eigenvalue weighted by atomic mass is 16.2. The van der Waals surface area contributed by atoms with Crippen molar-refractivity contribution < 1.29 is 4.79 Å². The number of hydrogen-bond acceptors (Lipinski definition) is 3. The first kappa shape index (κ1) is 13.5. The number of aromatic nitrogens is 2. The molecule has 0 saturated carbocycles. The highest BCUT2D eigenvalue weighted by molar-refractivity contribution is 5.76. The minimum absolute atomic E-state index is 0.0437. The number of H-pyrrole nitrogens is 1. The fraction of sp³-hybridized carbons (Fsp3) is 0.429. The summed E-state index contributed by atoms with van der Waals surface area (Å²) < 4.78 is 0. The van der Waals surface area contributed by atoms with E-state index in [1.54, 1.807) is 7.05 Å². The third-order valence-electron chi connectivity index (χ3n) is 3.05. The third kappa shape index (κ3) is 3.79. The molecule has 0 fully saturated rings. The second kappa shape index (κ2) is 6.33. The van der Waals surface area contributed by atoms with Crippen molar-refractivity contribution in [2.75, 3.05) is 7.05 Å². The van der Waals surface area contributed by atoms with E-state index in [0.29, 0.717) is 6.42 Å². The maximum Gasteiger partial charge on any atom is 0.234 e. The van der Waals surface area contributed by atoms with Crippen molar-refractivity contribution in [1.29, 1.82) is 0 Å². The molecule has 5 nitrogen and oxygen atoms in total. The minimum atomic E-state index is 0.0437. The van der Waals surface area contributed by atoms with Crippen LogP contribution in [0.15, 0.2) is 18.2 Å². The normalized spacial score (nSPS) is 10.8. The van der Waals surface area contributed by atoms with Crippen LogP contribution in [0, 0.1) is 6.92 Å². The number of hydrazine groups is 1. The molecule has 2 rings (SSSR count). The van der Waals surface area contributed by atoms with E-state index in [4.69, 9.17) is 0 Å². The van der Waals surface area contributed by atoms with Crippen molar-refractivity contribution in [3.63, 3.8) is 0 Å². The first-order chi connectivity index (χ1) is 9.19. The summed E-state index contributed by atoms with van der Waals surface area (Å²) in [6.07, 6.45) is 3.45. The van der Waals surface area contributed by atoms with Gasteiger partial charge in [-0.3, -0.25) is 10.2 Å². The van der Waals surface area contributed by atoms with Crippen molar-refractivity contribution in [3.05, 3.63) is 29.6 Å². The number of nitrogens with zero attached hydrogens (tertiary/aromatic N) is 1. The van der Waals surface area contributed by atoms with E-state index in [1.165, 1.54) is 5.56 Å². The van der Waals surface area contributed by atoms with Gasteiger partial charge >= 0.3 is 0 Å². The van der Waals surface area contributed by atoms with Crippen LogP contribution in [-0.2, 0) is 11.2 Å². The summed E-state index contributed by atoms with van der Waals surface area (Å²) in [5.74, 6) is 0.984. The zero-order valence-electron chi connectivity index (χ0n) is 11.4. The number of imidazole rings is 1. The van der Waals surface area contributed by atoms with E-state index in [-0.39, 0.29) is 5.91 Å². The van der Waals surface area contributed by atoms with Crippen molar-refractivity contribution >= 4 is 16.9 Å². The number of rotatable bonds is 6. The Labute approximate surface area is 112 Å². The number of aryl methyl sites for hydroxylation is 2. The second-order valence-corrected chi connectivity index (χ2v) is 4.68. The molecule has 1 amide bonds. The van der Waals surface area contributed by atoms with Crippen LogP contribution in [0.5, 0.6) is 0 Å². The summed E-state index contributed by atoms with van der Waals surface area (Å²) in [5, 5.41) is 0. The van der Waals surface area contributed by atoms with Crippen LogP contribution in [0.1, 0.15) is 30.7 Å². The lowest BCUT2D eigenvalue weighted by molar-refractivity contribution is -0.122. The Kier molecular flexibility index (Phi) is 4.52. The van der Waals surface area contributed by atoms with E-state index >= 15 is 0 Å². The molecule has 0 unspecified atom stereocenters. The molecule has 1 aromatic carbocycles. The number of fused-ring (bicyclic) bond motifs is 1. The molecule has 0 atom stereocenters. The van der Waals surface area contributed by atoms with Gasteiger partial charge < -0.3 is 4.98 Å². The highest BCUT2D eigenvalue weighted by Crippen LogP contribution is 2.15. The van der Waals surface area contributed by atoms with Gasteiger partial charge in [-0.2, -0.15) is 0 Å². The van der Waals surface area contributed by atoms with E-state index in [1.807, 2.05) is 13.0 Å². The lowest BCUT2D eigenvalue weighted by Crippen LogP contribution is -2.33. The monoisotopic (exact) mass is 260 g/mol. The van der Waals surface area contributed by atoms with Crippen LogP contribution in [-0.4, -0.2) is 22.9 Å². The summed E-state index contributed by atoms with van der Waals surface area (Å²) in [6, 6.07) is 6.29. The molecule has 2 aromatic rings. The third-order valence-corrected chi connectivity index (χ3v) is 3.05. The van der Waals surface area contributed by atoms with Gasteiger partial charge in [-0.05, 0) is 43.9 Å². The molecule has 0 radical (unpaired) electrons. The predicted octanol–water partition coefficient (Wildman–Crippen LogP) is 1.83. The van der Waals surface area contributed by atoms with Crippen LogP contribution in [0.2, 0.25) is 0 Å². The van der Waals surface area contributed by atoms with Gasteiger partial charge in [-0.15, -0.1) is 0 Å². The Morgan fingerprint density at radius 3 is 3.00 bits per heavy atom. The van der Waals surface area contributed by atoms with Crippen LogP contribution < -0.4 is 10.9 Å². The molecule has 1 aromatic heterocycles. The van der Waals surface area contributed by atoms with E-state index in [2.05, 4.69) is 33.0 Å². The Morgan fingerprint density at radius 1 is 1.37 bits per heavy atom. The summed E-state index contributed by atoms with van der Waals surface area (Å²) in [4.78, 5) is 18.9. The average Bonchev–Trinajstić information content (AvgIpc) is 2.74. The fourth-order valence-electron chi connectivity index (χ4n) is 2.16. The molecule has 0 spiro atoms. The Hall–Kier alpha value is -1.88. The van der Waals surface area contributed by atoms with Gasteiger partial charge in [0.1, 0.15) is 5.82 Å². The molecule has 102 valence electrons. The van der Waals surface area contributed by atoms with Gasteiger partial charge in [0, 0.05) is 13.5 Å². The molecule has 19 heavy (non-hydrogen) atoms. The number of benzene rings is 1. The van der Waals surface area contributed by atoms with Crippen LogP contribution in [0.25, 0.3) is 11.0 Å². The van der Waals surface area contributed by atoms with Crippen molar-refractivity contribution in [3.8, 4) is 0 Å². The summed E-state index contributed by atoms with van der Waals surface area (Å²) in [7, 11) is 1.69. The van der Waals surface area contributed by atoms with Gasteiger partial charge in [0.15, 0.2) is 0 Å². The van der Waals surface area contributed by atoms with Crippen LogP contribution >= 0.6 is 0 Å². The number of carbonyl (C=O) groups is 1. The van der Waals surface area contributed by atoms with Crippen molar-refractivity contribution in [2.24, 2.45) is 0 Å². The largest absolute Gasteiger partial charge is 0.342 e. The van der Waals surface area contributed by atoms with E-state index in [9.17, 15) is 4.79 Å². The standard InChI is InChI=1S/C14H20N4O/c1-10-16-12-8-7-11(9-13(12)17-10)5-3-4-6-14(19)18-15-2/h7-9,15H,3-6H2,1-2H3,(H,16,17)(H,18,19). The minimum Gasteiger partial charge on any atom is -0.342 e. The lowest BCUT2D eigenvalue weighted by atomic mass is 10.1. The van der Waals surface area contributed by atoms with Gasteiger partial charge in [0.05, 0.1) is 11.0 Å². The maximum absolute atomic E-state index is 11.2. The molecule has 0 aliphatic rings. The molecular formula is C14H20N4O. The first-order valence-corrected chi connectivity index (χ1v) is 6.60. The average molecular weight is 260 g/mol. The van der Waals surface area contributed by atoms with Gasteiger partial charge in [0.2, 0.25) is 5.91 Å². The van der Waals surface area contributed by atoms with Gasteiger partial charge in [0.25, 0.3) is 0 Å². The highest BCUT2D eigenvalue weighted by Gasteiger charge is 2.02. The van der Waals surface area contributed by atoms with Crippen LogP contribution in [0.4, 0.5) is 0 Å². The molecular weight excluding hydrogens is 240 g/mol. The lowest BCUT2D eigenvalue weighted by Gasteiger charge is -2.03. The van der Waals surface area contributed by atoms with Gasteiger partial charge in [-0.1, -0.05) is 6.07 Å². The first-order valence-electron chi connectivity index (χ1n) is 6.60. The van der Waals surface area contributed by atoms with Crippen molar-refractivity contribution in [1.82, 2.24) is 20.8 Å². The molecule has 5 heteroatoms. The molecule has 3 N–H and O–H groups in total. The Bertz CT molecular complexity index is 562. The van der Waals surface area contributed by atoms with Gasteiger partial charge in [-0.25, -0.2) is 10.4 Å². The van der Waals surface area contributed by atoms with Crippen LogP contribution in [0.3, 0.4) is 0 Å². The molecule has 0 bridgehead atoms. The number of unbranched alkanes of at least 4 members (excludes halogenated alkanes) is 1. The number of nitrogens with one attached hydrogen (secondary N) is 3. The summed E-state index contributed by atoms with van der Waals surface area (Å²) in [5.41, 5.74) is 8.58. The van der Waals surface area contributed by atoms with E-state index < -0.39 is 0 Å². The Balaban J connectivity index is 1.83. The number of aromatic amines is 1. The maximum atomic E-state index is 11.2. The smallest absolute Gasteiger partial charge is 0.234 e. The topological polar surface area (TPSA) is 69.8 Å². The van der Waals surface area contributed by atoms with Crippen molar-refractivity contribution in [2.45, 2.75) is 32.6 Å². The fourth-order valence-corrected chi connectivity index (χ4v) is 2.16. The number of amides is 1. The molecule has 0 saturated heterocycles. The Morgan fingerprint density at radius 2 is 2.21 bits per heavy atom. The molecule has 1 heterocycles. The second-order valence-electron chi connectivity index (χ2n) is 4.68. The molecule has 0 aliphatic heterocycles. The predicted molar refractivity (Wildman–Crippen MR) is 75.6 cm³/mol.